The van der Waals surface area contributed by atoms with E-state index in [4.69, 9.17) is 9.47 Å². The van der Waals surface area contributed by atoms with Gasteiger partial charge in [0.1, 0.15) is 0 Å². The largest absolute Gasteiger partial charge is 0.378 e. The number of hydrogen-bond acceptors (Lipinski definition) is 6. The van der Waals surface area contributed by atoms with Gasteiger partial charge >= 0.3 is 6.03 Å². The molecule has 0 saturated carbocycles. The summed E-state index contributed by atoms with van der Waals surface area (Å²) in [5.74, 6) is 0.159. The van der Waals surface area contributed by atoms with E-state index in [1.165, 1.54) is 116 Å². The summed E-state index contributed by atoms with van der Waals surface area (Å²) in [6.07, 6.45) is 28.0. The number of hydrogen-bond donors (Lipinski definition) is 3. The number of nitrogens with zero attached hydrogens (tertiary/aromatic N) is 2. The van der Waals surface area contributed by atoms with Crippen LogP contribution in [0.5, 0.6) is 0 Å². The summed E-state index contributed by atoms with van der Waals surface area (Å²) >= 11 is 0. The van der Waals surface area contributed by atoms with E-state index in [0.29, 0.717) is 45.9 Å². The maximum Gasteiger partial charge on any atom is 0.314 e. The lowest BCUT2D eigenvalue weighted by Crippen LogP contribution is -2.48. The van der Waals surface area contributed by atoms with Gasteiger partial charge in [-0.25, -0.2) is 4.79 Å². The average molecular weight is 682 g/mol. The predicted octanol–water partition coefficient (Wildman–Crippen LogP) is 7.67. The van der Waals surface area contributed by atoms with Crippen molar-refractivity contribution in [3.05, 3.63) is 0 Å². The van der Waals surface area contributed by atoms with Crippen molar-refractivity contribution in [1.82, 2.24) is 25.8 Å². The van der Waals surface area contributed by atoms with Gasteiger partial charge in [-0.05, 0) is 12.8 Å². The second-order valence-corrected chi connectivity index (χ2v) is 13.9. The first kappa shape index (κ1) is 44.6. The molecule has 1 saturated heterocycles. The van der Waals surface area contributed by atoms with Crippen LogP contribution in [0.1, 0.15) is 155 Å². The van der Waals surface area contributed by atoms with Crippen molar-refractivity contribution in [2.75, 3.05) is 85.3 Å². The summed E-state index contributed by atoms with van der Waals surface area (Å²) in [5.41, 5.74) is 0. The van der Waals surface area contributed by atoms with Crippen LogP contribution in [0, 0.1) is 0 Å². The molecule has 0 radical (unpaired) electrons. The Kier molecular flexibility index (Phi) is 32.9. The standard InChI is InChI=1S/C39H79N5O4/c1-3-5-7-9-11-13-15-16-18-20-22-24-38(45)40-26-34-47-36-32-43-28-30-44(31-29-43)33-37-48-35-27-42-39(46)41-25-23-21-19-17-14-12-10-8-6-4-2/h3-37H2,1-2H3,(H,40,45)(H2,41,42,46). The molecule has 1 aliphatic rings. The quantitative estimate of drug-likeness (QED) is 0.0595. The normalized spacial score (nSPS) is 14.0. The SMILES string of the molecule is CCCCCCCCCCCCCC(=O)NCCOCCN1CCN(CCOCCNC(=O)NCCCCCCCCCCCC)CC1. The maximum absolute atomic E-state index is 12.1. The molecule has 0 atom stereocenters. The van der Waals surface area contributed by atoms with E-state index in [9.17, 15) is 9.59 Å². The van der Waals surface area contributed by atoms with Crippen LogP contribution >= 0.6 is 0 Å². The summed E-state index contributed by atoms with van der Waals surface area (Å²) in [7, 11) is 0. The molecule has 48 heavy (non-hydrogen) atoms. The maximum atomic E-state index is 12.1. The van der Waals surface area contributed by atoms with Crippen LogP contribution in [0.25, 0.3) is 0 Å². The summed E-state index contributed by atoms with van der Waals surface area (Å²) in [6, 6.07) is -0.0887. The number of rotatable bonds is 35. The van der Waals surface area contributed by atoms with Crippen LogP contribution in [0.15, 0.2) is 0 Å². The first-order valence-corrected chi connectivity index (χ1v) is 20.5. The highest BCUT2D eigenvalue weighted by Crippen LogP contribution is 2.12. The Morgan fingerprint density at radius 2 is 0.833 bits per heavy atom. The third-order valence-electron chi connectivity index (χ3n) is 9.49. The van der Waals surface area contributed by atoms with Gasteiger partial charge in [-0.3, -0.25) is 14.6 Å². The van der Waals surface area contributed by atoms with E-state index in [1.54, 1.807) is 0 Å². The molecule has 9 nitrogen and oxygen atoms in total. The Morgan fingerprint density at radius 3 is 1.29 bits per heavy atom. The monoisotopic (exact) mass is 682 g/mol. The Hall–Kier alpha value is -1.42. The second kappa shape index (κ2) is 35.4. The van der Waals surface area contributed by atoms with Crippen molar-refractivity contribution in [2.24, 2.45) is 0 Å². The number of amides is 3. The number of piperazine rings is 1. The number of carbonyl (C=O) groups excluding carboxylic acids is 2. The Balaban J connectivity index is 1.80. The van der Waals surface area contributed by atoms with Crippen molar-refractivity contribution in [3.63, 3.8) is 0 Å². The van der Waals surface area contributed by atoms with Gasteiger partial charge in [-0.2, -0.15) is 0 Å². The van der Waals surface area contributed by atoms with E-state index in [2.05, 4.69) is 39.6 Å². The lowest BCUT2D eigenvalue weighted by Gasteiger charge is -2.34. The van der Waals surface area contributed by atoms with Crippen LogP contribution in [0.3, 0.4) is 0 Å². The molecule has 3 N–H and O–H groups in total. The van der Waals surface area contributed by atoms with Crippen molar-refractivity contribution in [2.45, 2.75) is 155 Å². The molecule has 284 valence electrons. The van der Waals surface area contributed by atoms with Crippen LogP contribution in [-0.4, -0.2) is 107 Å². The average Bonchev–Trinajstić information content (AvgIpc) is 3.09. The van der Waals surface area contributed by atoms with E-state index in [0.717, 1.165) is 65.1 Å². The lowest BCUT2D eigenvalue weighted by molar-refractivity contribution is -0.121. The molecule has 0 bridgehead atoms. The van der Waals surface area contributed by atoms with Crippen molar-refractivity contribution >= 4 is 11.9 Å². The third kappa shape index (κ3) is 30.6. The van der Waals surface area contributed by atoms with E-state index >= 15 is 0 Å². The number of ether oxygens (including phenoxy) is 2. The Morgan fingerprint density at radius 1 is 0.458 bits per heavy atom. The molecule has 0 aromatic rings. The molecular formula is C39H79N5O4. The van der Waals surface area contributed by atoms with Crippen molar-refractivity contribution < 1.29 is 19.1 Å². The zero-order valence-electron chi connectivity index (χ0n) is 31.8. The first-order valence-electron chi connectivity index (χ1n) is 20.5. The summed E-state index contributed by atoms with van der Waals surface area (Å²) < 4.78 is 11.5. The summed E-state index contributed by atoms with van der Waals surface area (Å²) in [5, 5.41) is 8.86. The molecular weight excluding hydrogens is 602 g/mol. The predicted molar refractivity (Wildman–Crippen MR) is 202 cm³/mol. The molecule has 0 spiro atoms. The van der Waals surface area contributed by atoms with Gasteiger partial charge in [-0.1, -0.05) is 136 Å². The number of nitrogens with one attached hydrogen (secondary N) is 3. The highest BCUT2D eigenvalue weighted by molar-refractivity contribution is 5.75. The van der Waals surface area contributed by atoms with Gasteiger partial charge in [0, 0.05) is 65.3 Å². The molecule has 9 heteroatoms. The highest BCUT2D eigenvalue weighted by Gasteiger charge is 2.16. The second-order valence-electron chi connectivity index (χ2n) is 13.9. The van der Waals surface area contributed by atoms with Crippen LogP contribution in [0.4, 0.5) is 4.79 Å². The van der Waals surface area contributed by atoms with E-state index < -0.39 is 0 Å². The molecule has 3 amide bonds. The van der Waals surface area contributed by atoms with Gasteiger partial charge in [0.15, 0.2) is 0 Å². The van der Waals surface area contributed by atoms with Crippen LogP contribution < -0.4 is 16.0 Å². The minimum Gasteiger partial charge on any atom is -0.378 e. The van der Waals surface area contributed by atoms with Crippen molar-refractivity contribution in [1.29, 1.82) is 0 Å². The Labute approximate surface area is 296 Å². The zero-order chi connectivity index (χ0) is 34.6. The smallest absolute Gasteiger partial charge is 0.314 e. The first-order chi connectivity index (χ1) is 23.7. The van der Waals surface area contributed by atoms with Gasteiger partial charge < -0.3 is 25.4 Å². The minimum absolute atomic E-state index is 0.0887. The van der Waals surface area contributed by atoms with E-state index in [-0.39, 0.29) is 11.9 Å². The fourth-order valence-corrected chi connectivity index (χ4v) is 6.24. The topological polar surface area (TPSA) is 95.2 Å². The summed E-state index contributed by atoms with van der Waals surface area (Å²) in [4.78, 5) is 28.9. The highest BCUT2D eigenvalue weighted by atomic mass is 16.5. The van der Waals surface area contributed by atoms with Gasteiger partial charge in [0.25, 0.3) is 0 Å². The van der Waals surface area contributed by atoms with Gasteiger partial charge in [0.05, 0.1) is 26.4 Å². The minimum atomic E-state index is -0.0887. The molecule has 0 aromatic carbocycles. The molecule has 1 aliphatic heterocycles. The lowest BCUT2D eigenvalue weighted by atomic mass is 10.1. The fraction of sp³-hybridized carbons (Fsp3) is 0.949. The molecule has 1 rings (SSSR count). The van der Waals surface area contributed by atoms with Gasteiger partial charge in [-0.15, -0.1) is 0 Å². The van der Waals surface area contributed by atoms with Crippen LogP contribution in [-0.2, 0) is 14.3 Å². The fourth-order valence-electron chi connectivity index (χ4n) is 6.24. The molecule has 1 heterocycles. The molecule has 0 unspecified atom stereocenters. The summed E-state index contributed by atoms with van der Waals surface area (Å²) in [6.45, 7) is 15.0. The van der Waals surface area contributed by atoms with Crippen LogP contribution in [0.2, 0.25) is 0 Å². The number of unbranched alkanes of at least 4 members (excludes halogenated alkanes) is 19. The Bertz CT molecular complexity index is 648. The van der Waals surface area contributed by atoms with Gasteiger partial charge in [0.2, 0.25) is 5.91 Å². The molecule has 1 fully saturated rings. The third-order valence-corrected chi connectivity index (χ3v) is 9.49. The molecule has 0 aliphatic carbocycles. The van der Waals surface area contributed by atoms with E-state index in [1.807, 2.05) is 0 Å². The zero-order valence-corrected chi connectivity index (χ0v) is 31.8. The van der Waals surface area contributed by atoms with Crippen molar-refractivity contribution in [3.8, 4) is 0 Å². The number of urea groups is 1. The molecule has 0 aromatic heterocycles. The number of carbonyl (C=O) groups is 2.